The minimum absolute atomic E-state index is 0.345. The van der Waals surface area contributed by atoms with Crippen LogP contribution in [0.2, 0.25) is 0 Å². The zero-order valence-electron chi connectivity index (χ0n) is 9.84. The van der Waals surface area contributed by atoms with E-state index in [0.29, 0.717) is 5.41 Å². The second-order valence-electron chi connectivity index (χ2n) is 4.64. The summed E-state index contributed by atoms with van der Waals surface area (Å²) >= 11 is 0. The van der Waals surface area contributed by atoms with E-state index in [1.165, 1.54) is 24.0 Å². The first-order chi connectivity index (χ1) is 7.27. The molecule has 1 aliphatic carbocycles. The van der Waals surface area contributed by atoms with Crippen LogP contribution in [-0.4, -0.2) is 6.54 Å². The highest BCUT2D eigenvalue weighted by molar-refractivity contribution is 5.45. The first-order valence-electron chi connectivity index (χ1n) is 6.08. The van der Waals surface area contributed by atoms with E-state index in [2.05, 4.69) is 32.0 Å². The molecular weight excluding hydrogens is 182 g/mol. The first kappa shape index (κ1) is 10.7. The summed E-state index contributed by atoms with van der Waals surface area (Å²) in [7, 11) is 0. The Morgan fingerprint density at radius 2 is 1.67 bits per heavy atom. The van der Waals surface area contributed by atoms with Crippen molar-refractivity contribution in [1.29, 1.82) is 0 Å². The van der Waals surface area contributed by atoms with Crippen LogP contribution in [0.25, 0.3) is 0 Å². The molecule has 1 fully saturated rings. The third kappa shape index (κ3) is 1.69. The molecule has 0 aromatic heterocycles. The molecular formula is C14H21N. The summed E-state index contributed by atoms with van der Waals surface area (Å²) in [6, 6.07) is 6.72. The minimum atomic E-state index is 0.345. The van der Waals surface area contributed by atoms with Crippen LogP contribution in [0, 0.1) is 0 Å². The molecule has 0 aliphatic heterocycles. The van der Waals surface area contributed by atoms with Crippen LogP contribution in [0.5, 0.6) is 0 Å². The Labute approximate surface area is 92.7 Å². The van der Waals surface area contributed by atoms with Gasteiger partial charge in [-0.15, -0.1) is 0 Å². The van der Waals surface area contributed by atoms with Crippen LogP contribution in [0.4, 0.5) is 0 Å². The lowest BCUT2D eigenvalue weighted by Gasteiger charge is -2.21. The van der Waals surface area contributed by atoms with Gasteiger partial charge in [0.05, 0.1) is 0 Å². The summed E-state index contributed by atoms with van der Waals surface area (Å²) < 4.78 is 0. The number of rotatable bonds is 4. The van der Waals surface area contributed by atoms with E-state index in [1.807, 2.05) is 0 Å². The van der Waals surface area contributed by atoms with Gasteiger partial charge in [-0.1, -0.05) is 32.0 Å². The van der Waals surface area contributed by atoms with E-state index in [4.69, 9.17) is 5.73 Å². The van der Waals surface area contributed by atoms with E-state index in [-0.39, 0.29) is 0 Å². The van der Waals surface area contributed by atoms with Crippen molar-refractivity contribution < 1.29 is 0 Å². The molecule has 1 heteroatoms. The first-order valence-corrected chi connectivity index (χ1v) is 6.08. The second-order valence-corrected chi connectivity index (χ2v) is 4.64. The highest BCUT2D eigenvalue weighted by Gasteiger charge is 2.44. The maximum Gasteiger partial charge on any atom is 0.00816 e. The van der Waals surface area contributed by atoms with Crippen LogP contribution in [0.1, 0.15) is 43.4 Å². The number of aryl methyl sites for hydroxylation is 2. The summed E-state index contributed by atoms with van der Waals surface area (Å²) in [6.07, 6.45) is 4.83. The van der Waals surface area contributed by atoms with Gasteiger partial charge in [-0.2, -0.15) is 0 Å². The van der Waals surface area contributed by atoms with Crippen molar-refractivity contribution in [2.75, 3.05) is 6.54 Å². The second kappa shape index (κ2) is 3.97. The fourth-order valence-electron chi connectivity index (χ4n) is 2.63. The van der Waals surface area contributed by atoms with E-state index < -0.39 is 0 Å². The molecule has 1 nitrogen and oxygen atoms in total. The monoisotopic (exact) mass is 203 g/mol. The van der Waals surface area contributed by atoms with Crippen molar-refractivity contribution in [1.82, 2.24) is 0 Å². The molecule has 0 amide bonds. The summed E-state index contributed by atoms with van der Waals surface area (Å²) in [4.78, 5) is 0. The quantitative estimate of drug-likeness (QED) is 0.800. The standard InChI is InChI=1S/C14H21N/c1-3-11-6-5-7-12(4-2)13(11)14(10-15)8-9-14/h5-7H,3-4,8-10,15H2,1-2H3. The van der Waals surface area contributed by atoms with Crippen LogP contribution in [-0.2, 0) is 18.3 Å². The molecule has 1 saturated carbocycles. The Morgan fingerprint density at radius 1 is 1.13 bits per heavy atom. The predicted octanol–water partition coefficient (Wildman–Crippen LogP) is 2.80. The van der Waals surface area contributed by atoms with Crippen LogP contribution >= 0.6 is 0 Å². The van der Waals surface area contributed by atoms with Gasteiger partial charge in [0.25, 0.3) is 0 Å². The number of hydrogen-bond acceptors (Lipinski definition) is 1. The lowest BCUT2D eigenvalue weighted by atomic mass is 9.85. The van der Waals surface area contributed by atoms with E-state index in [0.717, 1.165) is 19.4 Å². The van der Waals surface area contributed by atoms with Crippen molar-refractivity contribution in [3.8, 4) is 0 Å². The summed E-state index contributed by atoms with van der Waals surface area (Å²) in [5, 5.41) is 0. The highest BCUT2D eigenvalue weighted by atomic mass is 14.7. The lowest BCUT2D eigenvalue weighted by Crippen LogP contribution is -2.23. The fraction of sp³-hybridized carbons (Fsp3) is 0.571. The Hall–Kier alpha value is -0.820. The Bertz CT molecular complexity index is 328. The average Bonchev–Trinajstić information content (AvgIpc) is 3.08. The number of hydrogen-bond donors (Lipinski definition) is 1. The zero-order valence-corrected chi connectivity index (χ0v) is 9.84. The maximum absolute atomic E-state index is 5.95. The Balaban J connectivity index is 2.51. The molecule has 0 bridgehead atoms. The largest absolute Gasteiger partial charge is 0.330 e. The molecule has 1 aromatic carbocycles. The van der Waals surface area contributed by atoms with Crippen molar-refractivity contribution >= 4 is 0 Å². The molecule has 0 unspecified atom stereocenters. The van der Waals surface area contributed by atoms with Gasteiger partial charge in [0, 0.05) is 12.0 Å². The highest BCUT2D eigenvalue weighted by Crippen LogP contribution is 2.49. The van der Waals surface area contributed by atoms with Crippen molar-refractivity contribution in [2.45, 2.75) is 44.9 Å². The molecule has 15 heavy (non-hydrogen) atoms. The Kier molecular flexibility index (Phi) is 2.83. The zero-order chi connectivity index (χ0) is 10.9. The third-order valence-electron chi connectivity index (χ3n) is 3.77. The minimum Gasteiger partial charge on any atom is -0.330 e. The molecule has 0 atom stereocenters. The van der Waals surface area contributed by atoms with E-state index in [1.54, 1.807) is 5.56 Å². The van der Waals surface area contributed by atoms with E-state index in [9.17, 15) is 0 Å². The smallest absolute Gasteiger partial charge is 0.00816 e. The van der Waals surface area contributed by atoms with Gasteiger partial charge >= 0.3 is 0 Å². The van der Waals surface area contributed by atoms with Crippen LogP contribution in [0.15, 0.2) is 18.2 Å². The molecule has 1 aromatic rings. The summed E-state index contributed by atoms with van der Waals surface area (Å²) in [5.41, 5.74) is 10.9. The lowest BCUT2D eigenvalue weighted by molar-refractivity contribution is 0.684. The third-order valence-corrected chi connectivity index (χ3v) is 3.77. The predicted molar refractivity (Wildman–Crippen MR) is 65.2 cm³/mol. The molecule has 82 valence electrons. The SMILES string of the molecule is CCc1cccc(CC)c1C1(CN)CC1. The molecule has 0 spiro atoms. The van der Waals surface area contributed by atoms with Crippen LogP contribution in [0.3, 0.4) is 0 Å². The summed E-state index contributed by atoms with van der Waals surface area (Å²) in [5.74, 6) is 0. The average molecular weight is 203 g/mol. The van der Waals surface area contributed by atoms with Crippen molar-refractivity contribution in [3.63, 3.8) is 0 Å². The topological polar surface area (TPSA) is 26.0 Å². The van der Waals surface area contributed by atoms with E-state index >= 15 is 0 Å². The molecule has 0 heterocycles. The number of benzene rings is 1. The van der Waals surface area contributed by atoms with Gasteiger partial charge in [-0.25, -0.2) is 0 Å². The van der Waals surface area contributed by atoms with Gasteiger partial charge < -0.3 is 5.73 Å². The molecule has 0 radical (unpaired) electrons. The normalized spacial score (nSPS) is 17.8. The summed E-state index contributed by atoms with van der Waals surface area (Å²) in [6.45, 7) is 5.30. The van der Waals surface area contributed by atoms with Gasteiger partial charge in [-0.05, 0) is 42.4 Å². The number of nitrogens with two attached hydrogens (primary N) is 1. The van der Waals surface area contributed by atoms with Gasteiger partial charge in [0.2, 0.25) is 0 Å². The molecule has 2 N–H and O–H groups in total. The Morgan fingerprint density at radius 3 is 2.00 bits per heavy atom. The van der Waals surface area contributed by atoms with Crippen molar-refractivity contribution in [3.05, 3.63) is 34.9 Å². The van der Waals surface area contributed by atoms with Gasteiger partial charge in [0.1, 0.15) is 0 Å². The maximum atomic E-state index is 5.95. The molecule has 1 aliphatic rings. The van der Waals surface area contributed by atoms with Gasteiger partial charge in [0.15, 0.2) is 0 Å². The van der Waals surface area contributed by atoms with Crippen LogP contribution < -0.4 is 5.73 Å². The van der Waals surface area contributed by atoms with Crippen molar-refractivity contribution in [2.24, 2.45) is 5.73 Å². The van der Waals surface area contributed by atoms with Gasteiger partial charge in [-0.3, -0.25) is 0 Å². The molecule has 0 saturated heterocycles. The molecule has 2 rings (SSSR count). The fourth-order valence-corrected chi connectivity index (χ4v) is 2.63.